The van der Waals surface area contributed by atoms with E-state index in [1.807, 2.05) is 42.5 Å². The summed E-state index contributed by atoms with van der Waals surface area (Å²) in [5, 5.41) is 0. The number of para-hydroxylation sites is 1. The molecule has 0 bridgehead atoms. The van der Waals surface area contributed by atoms with Gasteiger partial charge in [0, 0.05) is 12.7 Å². The molecule has 6 heteroatoms. The van der Waals surface area contributed by atoms with E-state index in [0.717, 1.165) is 11.1 Å². The predicted octanol–water partition coefficient (Wildman–Crippen LogP) is 4.28. The summed E-state index contributed by atoms with van der Waals surface area (Å²) in [7, 11) is 4.44. The number of nitrogen functional groups attached to an aromatic ring is 1. The first-order valence-corrected chi connectivity index (χ1v) is 8.96. The van der Waals surface area contributed by atoms with E-state index in [1.54, 1.807) is 36.2 Å². The van der Waals surface area contributed by atoms with E-state index in [2.05, 4.69) is 0 Å². The van der Waals surface area contributed by atoms with Crippen molar-refractivity contribution in [3.63, 3.8) is 0 Å². The van der Waals surface area contributed by atoms with Crippen molar-refractivity contribution in [2.45, 2.75) is 0 Å². The van der Waals surface area contributed by atoms with Crippen LogP contribution in [0.5, 0.6) is 0 Å². The first-order valence-electron chi connectivity index (χ1n) is 8.96. The molecule has 0 amide bonds. The molecule has 0 aliphatic rings. The van der Waals surface area contributed by atoms with Gasteiger partial charge in [0.25, 0.3) is 0 Å². The molecule has 0 heterocycles. The molecular weight excluding hydrogens is 368 g/mol. The van der Waals surface area contributed by atoms with E-state index in [1.165, 1.54) is 14.2 Å². The quantitative estimate of drug-likeness (QED) is 0.517. The Morgan fingerprint density at radius 1 is 0.828 bits per heavy atom. The third-order valence-corrected chi connectivity index (χ3v) is 4.69. The van der Waals surface area contributed by atoms with Crippen LogP contribution in [0.25, 0.3) is 11.1 Å². The van der Waals surface area contributed by atoms with E-state index >= 15 is 0 Å². The van der Waals surface area contributed by atoms with Gasteiger partial charge >= 0.3 is 11.9 Å². The van der Waals surface area contributed by atoms with Crippen molar-refractivity contribution in [1.82, 2.24) is 0 Å². The number of carbonyl (C=O) groups excluding carboxylic acids is 2. The van der Waals surface area contributed by atoms with Crippen molar-refractivity contribution in [2.75, 3.05) is 31.9 Å². The summed E-state index contributed by atoms with van der Waals surface area (Å²) in [6, 6.07) is 20.1. The Balaban J connectivity index is 2.13. The standard InChI is InChI=1S/C23H22N2O4/c1-25(21-18(22(26)28-2)10-7-11-20(21)24)16-12-13-17(15-8-5-4-6-9-15)19(14-16)23(27)29-3/h4-14H,24H2,1-3H3. The monoisotopic (exact) mass is 390 g/mol. The molecule has 2 N–H and O–H groups in total. The summed E-state index contributed by atoms with van der Waals surface area (Å²) in [4.78, 5) is 26.4. The maximum Gasteiger partial charge on any atom is 0.340 e. The van der Waals surface area contributed by atoms with Crippen LogP contribution in [-0.4, -0.2) is 33.2 Å². The number of nitrogens with two attached hydrogens (primary N) is 1. The molecule has 3 aromatic carbocycles. The lowest BCUT2D eigenvalue weighted by atomic mass is 9.98. The topological polar surface area (TPSA) is 81.9 Å². The highest BCUT2D eigenvalue weighted by molar-refractivity contribution is 6.02. The molecule has 6 nitrogen and oxygen atoms in total. The van der Waals surface area contributed by atoms with Crippen molar-refractivity contribution >= 4 is 29.0 Å². The van der Waals surface area contributed by atoms with Gasteiger partial charge in [-0.15, -0.1) is 0 Å². The molecule has 0 radical (unpaired) electrons. The van der Waals surface area contributed by atoms with Crippen LogP contribution < -0.4 is 10.6 Å². The van der Waals surface area contributed by atoms with Gasteiger partial charge in [-0.3, -0.25) is 0 Å². The first kappa shape index (κ1) is 19.9. The number of esters is 2. The third kappa shape index (κ3) is 3.91. The Morgan fingerprint density at radius 3 is 2.14 bits per heavy atom. The highest BCUT2D eigenvalue weighted by Crippen LogP contribution is 2.35. The number of ether oxygens (including phenoxy) is 2. The molecule has 0 spiro atoms. The second-order valence-electron chi connectivity index (χ2n) is 6.38. The van der Waals surface area contributed by atoms with Gasteiger partial charge in [0.1, 0.15) is 0 Å². The van der Waals surface area contributed by atoms with Gasteiger partial charge in [-0.25, -0.2) is 9.59 Å². The van der Waals surface area contributed by atoms with Crippen molar-refractivity contribution < 1.29 is 19.1 Å². The van der Waals surface area contributed by atoms with Crippen molar-refractivity contribution in [3.8, 4) is 11.1 Å². The molecule has 0 saturated heterocycles. The molecule has 0 atom stereocenters. The number of methoxy groups -OCH3 is 2. The SMILES string of the molecule is COC(=O)c1cc(N(C)c2c(N)cccc2C(=O)OC)ccc1-c1ccccc1. The Labute approximate surface area is 169 Å². The van der Waals surface area contributed by atoms with Crippen LogP contribution in [0.3, 0.4) is 0 Å². The molecule has 0 fully saturated rings. The average Bonchev–Trinajstić information content (AvgIpc) is 2.77. The van der Waals surface area contributed by atoms with Crippen LogP contribution in [0.2, 0.25) is 0 Å². The maximum atomic E-state index is 12.5. The highest BCUT2D eigenvalue weighted by atomic mass is 16.5. The van der Waals surface area contributed by atoms with Gasteiger partial charge in [0.05, 0.1) is 36.7 Å². The smallest absolute Gasteiger partial charge is 0.340 e. The molecule has 0 aliphatic heterocycles. The molecular formula is C23H22N2O4. The minimum atomic E-state index is -0.492. The minimum absolute atomic E-state index is 0.335. The number of benzene rings is 3. The molecule has 0 aliphatic carbocycles. The third-order valence-electron chi connectivity index (χ3n) is 4.69. The van der Waals surface area contributed by atoms with Crippen LogP contribution in [0.15, 0.2) is 66.7 Å². The summed E-state index contributed by atoms with van der Waals surface area (Å²) >= 11 is 0. The molecule has 0 saturated carbocycles. The number of carbonyl (C=O) groups is 2. The lowest BCUT2D eigenvalue weighted by Gasteiger charge is -2.24. The highest BCUT2D eigenvalue weighted by Gasteiger charge is 2.21. The van der Waals surface area contributed by atoms with Gasteiger partial charge in [0.15, 0.2) is 0 Å². The number of rotatable bonds is 5. The molecule has 0 unspecified atom stereocenters. The Hall–Kier alpha value is -3.80. The van der Waals surface area contributed by atoms with Crippen LogP contribution in [0.1, 0.15) is 20.7 Å². The zero-order chi connectivity index (χ0) is 21.0. The normalized spacial score (nSPS) is 10.3. The molecule has 3 rings (SSSR count). The molecule has 148 valence electrons. The fourth-order valence-corrected chi connectivity index (χ4v) is 3.23. The summed E-state index contributed by atoms with van der Waals surface area (Å²) in [6.45, 7) is 0. The van der Waals surface area contributed by atoms with E-state index in [4.69, 9.17) is 15.2 Å². The van der Waals surface area contributed by atoms with E-state index in [9.17, 15) is 9.59 Å². The Bertz CT molecular complexity index is 1050. The van der Waals surface area contributed by atoms with E-state index < -0.39 is 11.9 Å². The average molecular weight is 390 g/mol. The summed E-state index contributed by atoms with van der Waals surface area (Å²) in [5.74, 6) is -0.943. The van der Waals surface area contributed by atoms with Crippen molar-refractivity contribution in [1.29, 1.82) is 0 Å². The lowest BCUT2D eigenvalue weighted by molar-refractivity contribution is 0.0592. The number of hydrogen-bond donors (Lipinski definition) is 1. The zero-order valence-electron chi connectivity index (χ0n) is 16.5. The number of hydrogen-bond acceptors (Lipinski definition) is 6. The Morgan fingerprint density at radius 2 is 1.48 bits per heavy atom. The van der Waals surface area contributed by atoms with Crippen LogP contribution in [0.4, 0.5) is 17.1 Å². The molecule has 29 heavy (non-hydrogen) atoms. The van der Waals surface area contributed by atoms with Gasteiger partial charge in [-0.1, -0.05) is 42.5 Å². The fourth-order valence-electron chi connectivity index (χ4n) is 3.23. The second kappa shape index (κ2) is 8.48. The van der Waals surface area contributed by atoms with Gasteiger partial charge < -0.3 is 20.1 Å². The molecule has 3 aromatic rings. The summed E-state index contributed by atoms with van der Waals surface area (Å²) < 4.78 is 9.86. The maximum absolute atomic E-state index is 12.5. The summed E-state index contributed by atoms with van der Waals surface area (Å²) in [6.07, 6.45) is 0. The minimum Gasteiger partial charge on any atom is -0.465 e. The van der Waals surface area contributed by atoms with Gasteiger partial charge in [-0.05, 0) is 35.4 Å². The van der Waals surface area contributed by atoms with E-state index in [0.29, 0.717) is 28.2 Å². The molecule has 0 aromatic heterocycles. The number of nitrogens with zero attached hydrogens (tertiary/aromatic N) is 1. The predicted molar refractivity (Wildman–Crippen MR) is 113 cm³/mol. The first-order chi connectivity index (χ1) is 14.0. The van der Waals surface area contributed by atoms with Crippen molar-refractivity contribution in [3.05, 3.63) is 77.9 Å². The van der Waals surface area contributed by atoms with Crippen LogP contribution in [-0.2, 0) is 9.47 Å². The van der Waals surface area contributed by atoms with Gasteiger partial charge in [0.2, 0.25) is 0 Å². The Kier molecular flexibility index (Phi) is 5.83. The summed E-state index contributed by atoms with van der Waals surface area (Å²) in [5.41, 5.74) is 10.2. The number of anilines is 3. The second-order valence-corrected chi connectivity index (χ2v) is 6.38. The largest absolute Gasteiger partial charge is 0.465 e. The van der Waals surface area contributed by atoms with Gasteiger partial charge in [-0.2, -0.15) is 0 Å². The van der Waals surface area contributed by atoms with E-state index in [-0.39, 0.29) is 0 Å². The fraction of sp³-hybridized carbons (Fsp3) is 0.130. The zero-order valence-corrected chi connectivity index (χ0v) is 16.5. The van der Waals surface area contributed by atoms with Crippen LogP contribution in [0, 0.1) is 0 Å². The van der Waals surface area contributed by atoms with Crippen molar-refractivity contribution in [2.24, 2.45) is 0 Å². The van der Waals surface area contributed by atoms with Crippen LogP contribution >= 0.6 is 0 Å². The lowest BCUT2D eigenvalue weighted by Crippen LogP contribution is -2.17.